The molecule has 1 unspecified atom stereocenters. The zero-order valence-electron chi connectivity index (χ0n) is 10.9. The Labute approximate surface area is 107 Å². The van der Waals surface area contributed by atoms with Crippen molar-refractivity contribution in [2.24, 2.45) is 10.9 Å². The van der Waals surface area contributed by atoms with Crippen molar-refractivity contribution >= 4 is 30.0 Å². The summed E-state index contributed by atoms with van der Waals surface area (Å²) in [7, 11) is 1.86. The summed E-state index contributed by atoms with van der Waals surface area (Å²) < 4.78 is 0. The number of anilines is 3. The van der Waals surface area contributed by atoms with Gasteiger partial charge in [-0.05, 0) is 20.6 Å². The molecule has 0 aliphatic carbocycles. The summed E-state index contributed by atoms with van der Waals surface area (Å²) in [5.41, 5.74) is 11.8. The lowest BCUT2D eigenvalue weighted by Crippen LogP contribution is -2.34. The second-order valence-electron chi connectivity index (χ2n) is 4.10. The summed E-state index contributed by atoms with van der Waals surface area (Å²) in [6.07, 6.45) is 5.42. The number of rotatable bonds is 4. The highest BCUT2D eigenvalue weighted by atomic mass is 15.2. The van der Waals surface area contributed by atoms with Gasteiger partial charge in [0.05, 0.1) is 0 Å². The Morgan fingerprint density at radius 1 is 1.39 bits per heavy atom. The summed E-state index contributed by atoms with van der Waals surface area (Å²) in [5, 5.41) is 0. The van der Waals surface area contributed by atoms with Gasteiger partial charge in [-0.2, -0.15) is 9.97 Å². The molecule has 2 atom stereocenters. The summed E-state index contributed by atoms with van der Waals surface area (Å²) in [6.45, 7) is 7.42. The first-order chi connectivity index (χ1) is 8.42. The summed E-state index contributed by atoms with van der Waals surface area (Å²) in [5.74, 6) is 3.57. The SMILES string of the molecule is C#C[C@@H](C)C(C)N(C)c1nc(N)nc(N)c1N=C. The molecule has 0 radical (unpaired) electrons. The van der Waals surface area contributed by atoms with Crippen molar-refractivity contribution in [1.29, 1.82) is 0 Å². The van der Waals surface area contributed by atoms with Crippen molar-refractivity contribution in [1.82, 2.24) is 9.97 Å². The van der Waals surface area contributed by atoms with Gasteiger partial charge in [-0.3, -0.25) is 4.99 Å². The maximum atomic E-state index is 5.75. The van der Waals surface area contributed by atoms with Gasteiger partial charge in [0.25, 0.3) is 0 Å². The van der Waals surface area contributed by atoms with Crippen molar-refractivity contribution in [3.05, 3.63) is 0 Å². The largest absolute Gasteiger partial charge is 0.382 e. The van der Waals surface area contributed by atoms with E-state index in [-0.39, 0.29) is 23.7 Å². The van der Waals surface area contributed by atoms with Crippen molar-refractivity contribution in [2.45, 2.75) is 19.9 Å². The normalized spacial score (nSPS) is 13.4. The lowest BCUT2D eigenvalue weighted by atomic mass is 10.0. The average molecular weight is 246 g/mol. The van der Waals surface area contributed by atoms with Gasteiger partial charge in [-0.1, -0.05) is 0 Å². The lowest BCUT2D eigenvalue weighted by molar-refractivity contribution is 0.564. The van der Waals surface area contributed by atoms with Gasteiger partial charge in [0.15, 0.2) is 11.6 Å². The van der Waals surface area contributed by atoms with E-state index in [2.05, 4.69) is 27.6 Å². The van der Waals surface area contributed by atoms with E-state index in [1.165, 1.54) is 0 Å². The fourth-order valence-corrected chi connectivity index (χ4v) is 1.54. The summed E-state index contributed by atoms with van der Waals surface area (Å²) in [6, 6.07) is 0.0594. The number of terminal acetylenes is 1. The van der Waals surface area contributed by atoms with E-state index in [1.54, 1.807) is 0 Å². The van der Waals surface area contributed by atoms with E-state index in [9.17, 15) is 0 Å². The van der Waals surface area contributed by atoms with Gasteiger partial charge < -0.3 is 16.4 Å². The maximum absolute atomic E-state index is 5.75. The Morgan fingerprint density at radius 3 is 2.50 bits per heavy atom. The molecule has 1 aromatic rings. The van der Waals surface area contributed by atoms with Gasteiger partial charge in [0, 0.05) is 19.0 Å². The van der Waals surface area contributed by atoms with Crippen LogP contribution >= 0.6 is 0 Å². The molecule has 0 fully saturated rings. The molecule has 0 bridgehead atoms. The smallest absolute Gasteiger partial charge is 0.224 e. The van der Waals surface area contributed by atoms with Crippen LogP contribution in [0.4, 0.5) is 23.3 Å². The lowest BCUT2D eigenvalue weighted by Gasteiger charge is -2.29. The van der Waals surface area contributed by atoms with Crippen molar-refractivity contribution in [3.63, 3.8) is 0 Å². The summed E-state index contributed by atoms with van der Waals surface area (Å²) in [4.78, 5) is 13.7. The molecule has 96 valence electrons. The van der Waals surface area contributed by atoms with Crippen LogP contribution < -0.4 is 16.4 Å². The highest BCUT2D eigenvalue weighted by molar-refractivity contribution is 5.76. The molecule has 6 nitrogen and oxygen atoms in total. The fourth-order valence-electron chi connectivity index (χ4n) is 1.54. The number of nitrogens with zero attached hydrogens (tertiary/aromatic N) is 4. The van der Waals surface area contributed by atoms with Crippen LogP contribution in [0.2, 0.25) is 0 Å². The zero-order valence-corrected chi connectivity index (χ0v) is 10.9. The predicted molar refractivity (Wildman–Crippen MR) is 75.9 cm³/mol. The van der Waals surface area contributed by atoms with E-state index >= 15 is 0 Å². The number of aliphatic imine (C=N–C) groups is 1. The monoisotopic (exact) mass is 246 g/mol. The molecule has 18 heavy (non-hydrogen) atoms. The second kappa shape index (κ2) is 5.36. The molecule has 0 amide bonds. The molecule has 0 saturated carbocycles. The molecule has 0 aliphatic heterocycles. The molecule has 0 spiro atoms. The Hall–Kier alpha value is -2.29. The average Bonchev–Trinajstić information content (AvgIpc) is 2.35. The zero-order chi connectivity index (χ0) is 13.9. The number of nitrogen functional groups attached to an aromatic ring is 2. The van der Waals surface area contributed by atoms with Gasteiger partial charge in [0.2, 0.25) is 5.95 Å². The van der Waals surface area contributed by atoms with Gasteiger partial charge in [-0.15, -0.1) is 12.3 Å². The van der Waals surface area contributed by atoms with E-state index in [4.69, 9.17) is 17.9 Å². The van der Waals surface area contributed by atoms with Crippen LogP contribution in [-0.2, 0) is 0 Å². The Morgan fingerprint density at radius 2 is 2.00 bits per heavy atom. The molecule has 0 aliphatic rings. The van der Waals surface area contributed by atoms with E-state index in [1.807, 2.05) is 25.8 Å². The third-order valence-corrected chi connectivity index (χ3v) is 3.00. The minimum absolute atomic E-state index is 0.0464. The van der Waals surface area contributed by atoms with Crippen LogP contribution in [0.1, 0.15) is 13.8 Å². The molecule has 6 heteroatoms. The standard InChI is InChI=1S/C12H18N6/c1-6-7(2)8(3)18(5)11-9(15-4)10(13)16-12(14)17-11/h1,7-8H,4H2,2-3,5H3,(H4,13,14,16,17)/t7-,8?/m1/s1. The first kappa shape index (κ1) is 13.8. The highest BCUT2D eigenvalue weighted by Crippen LogP contribution is 2.32. The van der Waals surface area contributed by atoms with Gasteiger partial charge in [-0.25, -0.2) is 0 Å². The Kier molecular flexibility index (Phi) is 4.10. The van der Waals surface area contributed by atoms with Crippen LogP contribution in [-0.4, -0.2) is 29.8 Å². The highest BCUT2D eigenvalue weighted by Gasteiger charge is 2.21. The van der Waals surface area contributed by atoms with Crippen LogP contribution in [0, 0.1) is 18.3 Å². The quantitative estimate of drug-likeness (QED) is 0.612. The maximum Gasteiger partial charge on any atom is 0.224 e. The van der Waals surface area contributed by atoms with Crippen molar-refractivity contribution in [2.75, 3.05) is 23.4 Å². The number of aromatic nitrogens is 2. The number of nitrogens with two attached hydrogens (primary N) is 2. The summed E-state index contributed by atoms with van der Waals surface area (Å²) >= 11 is 0. The van der Waals surface area contributed by atoms with Crippen LogP contribution in [0.5, 0.6) is 0 Å². The molecule has 1 rings (SSSR count). The van der Waals surface area contributed by atoms with E-state index in [0.717, 1.165) is 0 Å². The van der Waals surface area contributed by atoms with Gasteiger partial charge in [0.1, 0.15) is 5.69 Å². The minimum Gasteiger partial charge on any atom is -0.382 e. The third kappa shape index (κ3) is 2.51. The van der Waals surface area contributed by atoms with Gasteiger partial charge >= 0.3 is 0 Å². The molecule has 0 aromatic carbocycles. The molecule has 1 heterocycles. The Bertz CT molecular complexity index is 490. The van der Waals surface area contributed by atoms with Crippen LogP contribution in [0.25, 0.3) is 0 Å². The van der Waals surface area contributed by atoms with E-state index < -0.39 is 0 Å². The molecular weight excluding hydrogens is 228 g/mol. The first-order valence-electron chi connectivity index (χ1n) is 5.51. The third-order valence-electron chi connectivity index (χ3n) is 3.00. The minimum atomic E-state index is 0.0464. The Balaban J connectivity index is 3.24. The van der Waals surface area contributed by atoms with Crippen LogP contribution in [0.15, 0.2) is 4.99 Å². The van der Waals surface area contributed by atoms with Crippen LogP contribution in [0.3, 0.4) is 0 Å². The number of hydrogen-bond donors (Lipinski definition) is 2. The topological polar surface area (TPSA) is 93.4 Å². The fraction of sp³-hybridized carbons (Fsp3) is 0.417. The predicted octanol–water partition coefficient (Wildman–Crippen LogP) is 1.07. The molecule has 1 aromatic heterocycles. The van der Waals surface area contributed by atoms with Crippen molar-refractivity contribution in [3.8, 4) is 12.3 Å². The van der Waals surface area contributed by atoms with E-state index in [0.29, 0.717) is 11.5 Å². The molecule has 4 N–H and O–H groups in total. The first-order valence-corrected chi connectivity index (χ1v) is 5.51. The number of hydrogen-bond acceptors (Lipinski definition) is 6. The molecular formula is C12H18N6. The van der Waals surface area contributed by atoms with Crippen molar-refractivity contribution < 1.29 is 0 Å². The molecule has 0 saturated heterocycles. The second-order valence-corrected chi connectivity index (χ2v) is 4.10.